The quantitative estimate of drug-likeness (QED) is 0.576. The largest absolute Gasteiger partial charge is 0.394 e. The molecule has 2 heterocycles. The van der Waals surface area contributed by atoms with E-state index in [4.69, 9.17) is 9.84 Å². The molecule has 2 fully saturated rings. The van der Waals surface area contributed by atoms with Crippen LogP contribution in [0.3, 0.4) is 0 Å². The predicted molar refractivity (Wildman–Crippen MR) is 56.1 cm³/mol. The molecule has 0 aromatic carbocycles. The Morgan fingerprint density at radius 1 is 1.61 bits per heavy atom. The summed E-state index contributed by atoms with van der Waals surface area (Å²) < 4.78 is 19.5. The molecule has 2 saturated heterocycles. The maximum atomic E-state index is 14.4. The number of imide groups is 1. The first-order valence-corrected chi connectivity index (χ1v) is 5.61. The van der Waals surface area contributed by atoms with Crippen molar-refractivity contribution in [2.45, 2.75) is 37.4 Å². The molecular weight excluding hydrogens is 247 g/mol. The number of urea groups is 1. The van der Waals surface area contributed by atoms with E-state index in [0.717, 1.165) is 11.8 Å². The van der Waals surface area contributed by atoms with Gasteiger partial charge in [0.25, 0.3) is 0 Å². The van der Waals surface area contributed by atoms with E-state index in [1.54, 1.807) is 0 Å². The van der Waals surface area contributed by atoms with E-state index in [2.05, 4.69) is 0 Å². The van der Waals surface area contributed by atoms with E-state index in [9.17, 15) is 19.1 Å². The summed E-state index contributed by atoms with van der Waals surface area (Å²) in [6.45, 7) is 0.562. The summed E-state index contributed by atoms with van der Waals surface area (Å²) in [5, 5.41) is 20.7. The highest BCUT2D eigenvalue weighted by Gasteiger charge is 2.57. The van der Waals surface area contributed by atoms with Crippen LogP contribution in [0.5, 0.6) is 0 Å². The van der Waals surface area contributed by atoms with E-state index in [-0.39, 0.29) is 13.0 Å². The van der Waals surface area contributed by atoms with Gasteiger partial charge in [-0.1, -0.05) is 0 Å². The molecule has 2 rings (SSSR count). The van der Waals surface area contributed by atoms with Crippen molar-refractivity contribution in [3.05, 3.63) is 0 Å². The first-order valence-electron chi connectivity index (χ1n) is 5.61. The van der Waals surface area contributed by atoms with Gasteiger partial charge in [0.15, 0.2) is 11.9 Å². The third kappa shape index (κ3) is 1.96. The lowest BCUT2D eigenvalue weighted by Gasteiger charge is -2.35. The molecule has 3 amide bonds. The molecule has 0 aliphatic carbocycles. The van der Waals surface area contributed by atoms with Crippen molar-refractivity contribution in [3.63, 3.8) is 0 Å². The molecule has 3 N–H and O–H groups in total. The first-order chi connectivity index (χ1) is 8.37. The van der Waals surface area contributed by atoms with Crippen LogP contribution < -0.4 is 5.32 Å². The molecule has 2 aliphatic heterocycles. The number of halogens is 1. The van der Waals surface area contributed by atoms with Gasteiger partial charge in [0, 0.05) is 13.0 Å². The second-order valence-corrected chi connectivity index (χ2v) is 4.60. The van der Waals surface area contributed by atoms with E-state index >= 15 is 0 Å². The Bertz CT molecular complexity index is 375. The first kappa shape index (κ1) is 13.2. The normalized spacial score (nSPS) is 41.1. The molecule has 0 aromatic rings. The lowest BCUT2D eigenvalue weighted by Crippen LogP contribution is -2.59. The molecule has 0 spiro atoms. The minimum atomic E-state index is -2.20. The van der Waals surface area contributed by atoms with Gasteiger partial charge in [0.1, 0.15) is 12.2 Å². The van der Waals surface area contributed by atoms with Gasteiger partial charge in [-0.15, -0.1) is 0 Å². The van der Waals surface area contributed by atoms with Crippen LogP contribution in [0.1, 0.15) is 13.3 Å². The number of alkyl halides is 1. The minimum absolute atomic E-state index is 0.0136. The summed E-state index contributed by atoms with van der Waals surface area (Å²) in [4.78, 5) is 23.6. The van der Waals surface area contributed by atoms with Gasteiger partial charge in [0.2, 0.25) is 5.91 Å². The summed E-state index contributed by atoms with van der Waals surface area (Å²) in [6.07, 6.45) is -3.90. The maximum absolute atomic E-state index is 14.4. The highest BCUT2D eigenvalue weighted by molar-refractivity contribution is 5.96. The van der Waals surface area contributed by atoms with Crippen molar-refractivity contribution >= 4 is 11.9 Å². The summed E-state index contributed by atoms with van der Waals surface area (Å²) in [5.74, 6) is -0.436. The number of carbonyl (C=O) groups excluding carboxylic acids is 2. The molecule has 4 atom stereocenters. The third-order valence-electron chi connectivity index (χ3n) is 3.27. The smallest absolute Gasteiger partial charge is 0.326 e. The Kier molecular flexibility index (Phi) is 3.26. The van der Waals surface area contributed by atoms with Crippen LogP contribution in [0.4, 0.5) is 9.18 Å². The van der Waals surface area contributed by atoms with E-state index in [1.807, 2.05) is 5.32 Å². The number of rotatable bonds is 2. The van der Waals surface area contributed by atoms with Crippen LogP contribution in [0.2, 0.25) is 0 Å². The predicted octanol–water partition coefficient (Wildman–Crippen LogP) is -1.27. The summed E-state index contributed by atoms with van der Waals surface area (Å²) in [7, 11) is 0. The van der Waals surface area contributed by atoms with Crippen molar-refractivity contribution in [1.29, 1.82) is 0 Å². The number of carbonyl (C=O) groups is 2. The number of amides is 3. The van der Waals surface area contributed by atoms with Crippen molar-refractivity contribution in [2.24, 2.45) is 0 Å². The Balaban J connectivity index is 2.18. The van der Waals surface area contributed by atoms with Crippen LogP contribution >= 0.6 is 0 Å². The maximum Gasteiger partial charge on any atom is 0.326 e. The molecule has 0 unspecified atom stereocenters. The molecule has 2 aliphatic rings. The molecule has 7 nitrogen and oxygen atoms in total. The third-order valence-corrected chi connectivity index (χ3v) is 3.27. The van der Waals surface area contributed by atoms with Gasteiger partial charge in [-0.05, 0) is 6.92 Å². The number of nitrogens with zero attached hydrogens (tertiary/aromatic N) is 1. The molecule has 0 radical (unpaired) electrons. The molecule has 0 bridgehead atoms. The molecule has 8 heteroatoms. The SMILES string of the molecule is C[C@@]1(F)[C@@H](N2CCC(=O)NC2=O)O[C@H](CO)[C@@H]1O. The van der Waals surface area contributed by atoms with Crippen molar-refractivity contribution in [1.82, 2.24) is 10.2 Å². The number of ether oxygens (including phenoxy) is 1. The highest BCUT2D eigenvalue weighted by Crippen LogP contribution is 2.36. The standard InChI is InChI=1S/C10H15FN2O5/c1-10(11)7(16)5(4-14)18-8(10)13-3-2-6(15)12-9(13)17/h5,7-8,14,16H,2-4H2,1H3,(H,12,15,17)/t5-,7+,8+,10+/m1/s1. The zero-order valence-electron chi connectivity index (χ0n) is 9.80. The minimum Gasteiger partial charge on any atom is -0.394 e. The second kappa shape index (κ2) is 4.45. The average molecular weight is 262 g/mol. The summed E-state index contributed by atoms with van der Waals surface area (Å²) in [5.41, 5.74) is -2.20. The van der Waals surface area contributed by atoms with Gasteiger partial charge in [-0.3, -0.25) is 15.0 Å². The van der Waals surface area contributed by atoms with Gasteiger partial charge in [0.05, 0.1) is 6.61 Å². The number of hydrogen-bond acceptors (Lipinski definition) is 5. The molecule has 0 aromatic heterocycles. The molecule has 0 saturated carbocycles. The number of aliphatic hydroxyl groups is 2. The van der Waals surface area contributed by atoms with Crippen LogP contribution in [0.25, 0.3) is 0 Å². The van der Waals surface area contributed by atoms with Gasteiger partial charge in [-0.25, -0.2) is 9.18 Å². The Morgan fingerprint density at radius 3 is 2.78 bits per heavy atom. The monoisotopic (exact) mass is 262 g/mol. The van der Waals surface area contributed by atoms with Crippen LogP contribution in [-0.4, -0.2) is 64.3 Å². The average Bonchev–Trinajstić information content (AvgIpc) is 2.52. The van der Waals surface area contributed by atoms with Gasteiger partial charge < -0.3 is 14.9 Å². The van der Waals surface area contributed by atoms with Crippen LogP contribution in [0.15, 0.2) is 0 Å². The molecular formula is C10H15FN2O5. The van der Waals surface area contributed by atoms with Gasteiger partial charge >= 0.3 is 6.03 Å². The fraction of sp³-hybridized carbons (Fsp3) is 0.800. The van der Waals surface area contributed by atoms with Gasteiger partial charge in [-0.2, -0.15) is 0 Å². The van der Waals surface area contributed by atoms with Crippen LogP contribution in [0, 0.1) is 0 Å². The lowest BCUT2D eigenvalue weighted by molar-refractivity contribution is -0.126. The van der Waals surface area contributed by atoms with E-state index in [1.165, 1.54) is 0 Å². The second-order valence-electron chi connectivity index (χ2n) is 4.60. The Hall–Kier alpha value is -1.25. The van der Waals surface area contributed by atoms with E-state index < -0.39 is 42.6 Å². The number of nitrogens with one attached hydrogen (secondary N) is 1. The van der Waals surface area contributed by atoms with Crippen LogP contribution in [-0.2, 0) is 9.53 Å². The fourth-order valence-electron chi connectivity index (χ4n) is 2.20. The summed E-state index contributed by atoms with van der Waals surface area (Å²) in [6, 6.07) is -0.758. The highest BCUT2D eigenvalue weighted by atomic mass is 19.1. The zero-order chi connectivity index (χ0) is 13.5. The topological polar surface area (TPSA) is 99.1 Å². The molecule has 18 heavy (non-hydrogen) atoms. The lowest BCUT2D eigenvalue weighted by atomic mass is 9.98. The van der Waals surface area contributed by atoms with Crippen molar-refractivity contribution in [3.8, 4) is 0 Å². The zero-order valence-corrected chi connectivity index (χ0v) is 9.80. The van der Waals surface area contributed by atoms with E-state index in [0.29, 0.717) is 0 Å². The summed E-state index contributed by atoms with van der Waals surface area (Å²) >= 11 is 0. The number of hydrogen-bond donors (Lipinski definition) is 3. The molecule has 102 valence electrons. The van der Waals surface area contributed by atoms with Crippen molar-refractivity contribution < 1.29 is 28.9 Å². The number of aliphatic hydroxyl groups excluding tert-OH is 2. The Morgan fingerprint density at radius 2 is 2.28 bits per heavy atom. The fourth-order valence-corrected chi connectivity index (χ4v) is 2.20. The van der Waals surface area contributed by atoms with Crippen molar-refractivity contribution in [2.75, 3.05) is 13.2 Å². The Labute approximate surface area is 103 Å².